The fraction of sp³-hybridized carbons (Fsp3) is 0.680. The van der Waals surface area contributed by atoms with E-state index in [1.807, 2.05) is 12.1 Å². The normalized spacial score (nSPS) is 18.6. The Bertz CT molecular complexity index is 646. The molecule has 0 aliphatic carbocycles. The van der Waals surface area contributed by atoms with Gasteiger partial charge in [0.2, 0.25) is 0 Å². The number of amides is 1. The van der Waals surface area contributed by atoms with Crippen molar-refractivity contribution in [1.29, 1.82) is 0 Å². The number of benzene rings is 1. The molecule has 0 spiro atoms. The summed E-state index contributed by atoms with van der Waals surface area (Å²) < 4.78 is 5.48. The van der Waals surface area contributed by atoms with Crippen molar-refractivity contribution in [3.05, 3.63) is 35.4 Å². The molecule has 2 atom stereocenters. The van der Waals surface area contributed by atoms with Crippen LogP contribution in [0.15, 0.2) is 24.3 Å². The van der Waals surface area contributed by atoms with Crippen molar-refractivity contribution in [3.63, 3.8) is 0 Å². The van der Waals surface area contributed by atoms with Crippen LogP contribution in [0.3, 0.4) is 0 Å². The number of carbonyl (C=O) groups excluding carboxylic acids is 2. The molecule has 1 heterocycles. The maximum absolute atomic E-state index is 13.4. The van der Waals surface area contributed by atoms with Crippen LogP contribution in [0.25, 0.3) is 0 Å². The van der Waals surface area contributed by atoms with Crippen LogP contribution in [0, 0.1) is 0 Å². The fourth-order valence-corrected chi connectivity index (χ4v) is 5.20. The molecule has 1 aromatic rings. The fourth-order valence-electron chi connectivity index (χ4n) is 3.76. The minimum Gasteiger partial charge on any atom is -0.464 e. The molecule has 0 radical (unpaired) electrons. The summed E-state index contributed by atoms with van der Waals surface area (Å²) in [6.07, 6.45) is 10.8. The van der Waals surface area contributed by atoms with Crippen LogP contribution in [-0.2, 0) is 16.0 Å². The third-order valence-electron chi connectivity index (χ3n) is 5.67. The second-order valence-electron chi connectivity index (χ2n) is 8.19. The van der Waals surface area contributed by atoms with E-state index in [-0.39, 0.29) is 17.3 Å². The first kappa shape index (κ1) is 24.8. The summed E-state index contributed by atoms with van der Waals surface area (Å²) in [5, 5.41) is 0.0528. The molecule has 1 aliphatic rings. The molecule has 1 aromatic carbocycles. The Morgan fingerprint density at radius 2 is 1.63 bits per heavy atom. The van der Waals surface area contributed by atoms with E-state index in [4.69, 9.17) is 4.74 Å². The number of carbonyl (C=O) groups is 2. The molecule has 0 aromatic heterocycles. The topological polar surface area (TPSA) is 46.6 Å². The van der Waals surface area contributed by atoms with Gasteiger partial charge in [0.15, 0.2) is 0 Å². The van der Waals surface area contributed by atoms with Gasteiger partial charge in [-0.15, -0.1) is 11.8 Å². The Kier molecular flexibility index (Phi) is 11.3. The Morgan fingerprint density at radius 1 is 0.967 bits per heavy atom. The lowest BCUT2D eigenvalue weighted by molar-refractivity contribution is -0.148. The molecule has 1 aliphatic heterocycles. The van der Waals surface area contributed by atoms with Gasteiger partial charge in [-0.3, -0.25) is 4.79 Å². The van der Waals surface area contributed by atoms with Crippen molar-refractivity contribution < 1.29 is 14.3 Å². The number of nitrogens with zero attached hydrogens (tertiary/aromatic N) is 1. The number of unbranched alkanes of at least 4 members (excludes halogenated alkanes) is 5. The highest BCUT2D eigenvalue weighted by Crippen LogP contribution is 2.34. The van der Waals surface area contributed by atoms with Gasteiger partial charge in [-0.2, -0.15) is 0 Å². The smallest absolute Gasteiger partial charge is 0.329 e. The third-order valence-corrected chi connectivity index (χ3v) is 7.02. The van der Waals surface area contributed by atoms with Gasteiger partial charge in [0.25, 0.3) is 5.91 Å². The molecule has 2 rings (SSSR count). The quantitative estimate of drug-likeness (QED) is 0.273. The highest BCUT2D eigenvalue weighted by Gasteiger charge is 2.42. The lowest BCUT2D eigenvalue weighted by atomic mass is 10.0. The molecule has 0 bridgehead atoms. The van der Waals surface area contributed by atoms with Crippen LogP contribution >= 0.6 is 11.8 Å². The van der Waals surface area contributed by atoms with Crippen LogP contribution in [0.5, 0.6) is 0 Å². The average molecular weight is 434 g/mol. The van der Waals surface area contributed by atoms with E-state index in [9.17, 15) is 9.59 Å². The Balaban J connectivity index is 2.10. The van der Waals surface area contributed by atoms with Crippen molar-refractivity contribution >= 4 is 23.6 Å². The standard InChI is InChI=1S/C25H39NO3S/c1-4-7-10-12-20-14-16-21(17-15-20)24(27)26-22(25(28)29-18-9-6-3)19-30-23(26)13-11-8-5-2/h14-17,22-23H,4-13,18-19H2,1-3H3. The summed E-state index contributed by atoms with van der Waals surface area (Å²) in [7, 11) is 0. The summed E-state index contributed by atoms with van der Waals surface area (Å²) in [6, 6.07) is 7.50. The van der Waals surface area contributed by atoms with E-state index in [1.165, 1.54) is 24.8 Å². The van der Waals surface area contributed by atoms with Gasteiger partial charge in [-0.05, 0) is 43.4 Å². The van der Waals surface area contributed by atoms with Gasteiger partial charge < -0.3 is 9.64 Å². The van der Waals surface area contributed by atoms with Gasteiger partial charge in [-0.1, -0.05) is 71.4 Å². The summed E-state index contributed by atoms with van der Waals surface area (Å²) in [4.78, 5) is 27.9. The maximum Gasteiger partial charge on any atom is 0.329 e. The molecular formula is C25H39NO3S. The Morgan fingerprint density at radius 3 is 2.30 bits per heavy atom. The van der Waals surface area contributed by atoms with Crippen LogP contribution in [-0.4, -0.2) is 40.6 Å². The molecule has 168 valence electrons. The monoisotopic (exact) mass is 433 g/mol. The molecule has 1 amide bonds. The first-order chi connectivity index (χ1) is 14.6. The van der Waals surface area contributed by atoms with Crippen LogP contribution in [0.2, 0.25) is 0 Å². The maximum atomic E-state index is 13.4. The zero-order valence-corrected chi connectivity index (χ0v) is 19.8. The molecule has 2 unspecified atom stereocenters. The van der Waals surface area contributed by atoms with Crippen molar-refractivity contribution in [2.24, 2.45) is 0 Å². The lowest BCUT2D eigenvalue weighted by Gasteiger charge is -2.28. The zero-order chi connectivity index (χ0) is 21.8. The van der Waals surface area contributed by atoms with E-state index < -0.39 is 6.04 Å². The van der Waals surface area contributed by atoms with Crippen molar-refractivity contribution in [2.45, 2.75) is 96.4 Å². The van der Waals surface area contributed by atoms with Gasteiger partial charge >= 0.3 is 5.97 Å². The predicted molar refractivity (Wildman–Crippen MR) is 126 cm³/mol. The van der Waals surface area contributed by atoms with Gasteiger partial charge in [0.05, 0.1) is 12.0 Å². The van der Waals surface area contributed by atoms with Crippen molar-refractivity contribution in [2.75, 3.05) is 12.4 Å². The predicted octanol–water partition coefficient (Wildman–Crippen LogP) is 6.23. The number of ether oxygens (including phenoxy) is 1. The number of esters is 1. The van der Waals surface area contributed by atoms with E-state index >= 15 is 0 Å². The molecule has 4 nitrogen and oxygen atoms in total. The first-order valence-electron chi connectivity index (χ1n) is 11.8. The van der Waals surface area contributed by atoms with Gasteiger partial charge in [0, 0.05) is 11.3 Å². The molecule has 1 saturated heterocycles. The summed E-state index contributed by atoms with van der Waals surface area (Å²) in [5.41, 5.74) is 1.94. The van der Waals surface area contributed by atoms with E-state index in [0.29, 0.717) is 17.9 Å². The van der Waals surface area contributed by atoms with E-state index in [1.54, 1.807) is 16.7 Å². The Labute approximate surface area is 187 Å². The minimum absolute atomic E-state index is 0.0425. The number of hydrogen-bond donors (Lipinski definition) is 0. The van der Waals surface area contributed by atoms with Crippen LogP contribution in [0.1, 0.15) is 94.5 Å². The number of rotatable bonds is 13. The van der Waals surface area contributed by atoms with Crippen LogP contribution in [0.4, 0.5) is 0 Å². The molecule has 0 N–H and O–H groups in total. The second-order valence-corrected chi connectivity index (χ2v) is 9.40. The second kappa shape index (κ2) is 13.7. The summed E-state index contributed by atoms with van der Waals surface area (Å²) >= 11 is 1.72. The highest BCUT2D eigenvalue weighted by molar-refractivity contribution is 8.00. The zero-order valence-electron chi connectivity index (χ0n) is 19.0. The van der Waals surface area contributed by atoms with E-state index in [0.717, 1.165) is 44.9 Å². The van der Waals surface area contributed by atoms with Crippen LogP contribution < -0.4 is 0 Å². The first-order valence-corrected chi connectivity index (χ1v) is 12.9. The third kappa shape index (κ3) is 7.33. The number of hydrogen-bond acceptors (Lipinski definition) is 4. The van der Waals surface area contributed by atoms with E-state index in [2.05, 4.69) is 32.9 Å². The SMILES string of the molecule is CCCCCc1ccc(C(=O)N2C(CCCCC)SCC2C(=O)OCCCC)cc1. The van der Waals surface area contributed by atoms with Crippen molar-refractivity contribution in [1.82, 2.24) is 4.90 Å². The molecule has 1 fully saturated rings. The molecular weight excluding hydrogens is 394 g/mol. The summed E-state index contributed by atoms with van der Waals surface area (Å²) in [6.45, 7) is 6.90. The number of thioether (sulfide) groups is 1. The van der Waals surface area contributed by atoms with Crippen molar-refractivity contribution in [3.8, 4) is 0 Å². The minimum atomic E-state index is -0.477. The van der Waals surface area contributed by atoms with Gasteiger partial charge in [-0.25, -0.2) is 4.79 Å². The summed E-state index contributed by atoms with van der Waals surface area (Å²) in [5.74, 6) is 0.334. The largest absolute Gasteiger partial charge is 0.464 e. The van der Waals surface area contributed by atoms with Gasteiger partial charge in [0.1, 0.15) is 6.04 Å². The lowest BCUT2D eigenvalue weighted by Crippen LogP contribution is -2.46. The molecule has 5 heteroatoms. The number of aryl methyl sites for hydroxylation is 1. The molecule has 0 saturated carbocycles. The highest BCUT2D eigenvalue weighted by atomic mass is 32.2. The Hall–Kier alpha value is -1.49. The average Bonchev–Trinajstić information content (AvgIpc) is 3.18. The molecule has 30 heavy (non-hydrogen) atoms.